The van der Waals surface area contributed by atoms with Crippen molar-refractivity contribution < 1.29 is 8.42 Å². The van der Waals surface area contributed by atoms with Crippen molar-refractivity contribution in [3.63, 3.8) is 0 Å². The minimum atomic E-state index is -3.62. The number of fused-ring (bicyclic) bond motifs is 1. The number of anilines is 1. The average Bonchev–Trinajstić information content (AvgIpc) is 3.01. The highest BCUT2D eigenvalue weighted by molar-refractivity contribution is 7.89. The standard InChI is InChI=1S/C14H15N5O2S2/c1-10-9-15-6-5-11(10)16-7-8-17-23(20,21)13-4-2-3-12-14(13)19-22-18-12/h2-6,9,17H,7-8H2,1H3,(H,15,16). The number of rotatable bonds is 6. The monoisotopic (exact) mass is 349 g/mol. The number of aryl methyl sites for hydroxylation is 1. The molecule has 0 saturated carbocycles. The zero-order valence-electron chi connectivity index (χ0n) is 12.4. The number of pyridine rings is 1. The lowest BCUT2D eigenvalue weighted by Gasteiger charge is -2.10. The van der Waals surface area contributed by atoms with E-state index in [9.17, 15) is 8.42 Å². The number of nitrogens with zero attached hydrogens (tertiary/aromatic N) is 3. The maximum absolute atomic E-state index is 12.4. The van der Waals surface area contributed by atoms with E-state index in [4.69, 9.17) is 0 Å². The van der Waals surface area contributed by atoms with Gasteiger partial charge in [0.05, 0.1) is 11.7 Å². The highest BCUT2D eigenvalue weighted by atomic mass is 32.2. The summed E-state index contributed by atoms with van der Waals surface area (Å²) in [6.45, 7) is 2.67. The molecular weight excluding hydrogens is 334 g/mol. The van der Waals surface area contributed by atoms with Gasteiger partial charge in [-0.05, 0) is 30.7 Å². The van der Waals surface area contributed by atoms with Gasteiger partial charge in [0.25, 0.3) is 0 Å². The van der Waals surface area contributed by atoms with E-state index in [0.29, 0.717) is 17.6 Å². The highest BCUT2D eigenvalue weighted by Crippen LogP contribution is 2.20. The Hall–Kier alpha value is -2.10. The number of aromatic nitrogens is 3. The van der Waals surface area contributed by atoms with Crippen molar-refractivity contribution in [3.05, 3.63) is 42.2 Å². The van der Waals surface area contributed by atoms with Crippen LogP contribution < -0.4 is 10.0 Å². The van der Waals surface area contributed by atoms with Gasteiger partial charge in [0.15, 0.2) is 0 Å². The molecule has 3 rings (SSSR count). The lowest BCUT2D eigenvalue weighted by molar-refractivity contribution is 0.583. The van der Waals surface area contributed by atoms with E-state index < -0.39 is 10.0 Å². The van der Waals surface area contributed by atoms with Crippen molar-refractivity contribution in [2.24, 2.45) is 0 Å². The number of sulfonamides is 1. The van der Waals surface area contributed by atoms with E-state index in [1.165, 1.54) is 6.07 Å². The maximum Gasteiger partial charge on any atom is 0.242 e. The van der Waals surface area contributed by atoms with Gasteiger partial charge >= 0.3 is 0 Å². The van der Waals surface area contributed by atoms with Crippen molar-refractivity contribution in [2.75, 3.05) is 18.4 Å². The second-order valence-electron chi connectivity index (χ2n) is 4.90. The van der Waals surface area contributed by atoms with E-state index in [0.717, 1.165) is 23.0 Å². The molecule has 3 aromatic rings. The number of hydrogen-bond donors (Lipinski definition) is 2. The zero-order valence-corrected chi connectivity index (χ0v) is 14.0. The van der Waals surface area contributed by atoms with Crippen LogP contribution in [0, 0.1) is 6.92 Å². The van der Waals surface area contributed by atoms with Crippen LogP contribution in [-0.2, 0) is 10.0 Å². The Labute approximate surface area is 138 Å². The van der Waals surface area contributed by atoms with Crippen molar-refractivity contribution in [2.45, 2.75) is 11.8 Å². The molecule has 2 heterocycles. The number of benzene rings is 1. The number of hydrogen-bond acceptors (Lipinski definition) is 7. The minimum Gasteiger partial charge on any atom is -0.383 e. The first-order chi connectivity index (χ1) is 11.1. The van der Waals surface area contributed by atoms with E-state index in [2.05, 4.69) is 23.8 Å². The summed E-state index contributed by atoms with van der Waals surface area (Å²) in [5.74, 6) is 0. The van der Waals surface area contributed by atoms with Crippen LogP contribution in [0.3, 0.4) is 0 Å². The highest BCUT2D eigenvalue weighted by Gasteiger charge is 2.18. The molecule has 0 unspecified atom stereocenters. The van der Waals surface area contributed by atoms with Crippen LogP contribution in [0.25, 0.3) is 11.0 Å². The Morgan fingerprint density at radius 1 is 1.17 bits per heavy atom. The summed E-state index contributed by atoms with van der Waals surface area (Å²) in [5.41, 5.74) is 2.94. The minimum absolute atomic E-state index is 0.156. The summed E-state index contributed by atoms with van der Waals surface area (Å²) in [5, 5.41) is 3.18. The van der Waals surface area contributed by atoms with Gasteiger partial charge in [0, 0.05) is 31.2 Å². The summed E-state index contributed by atoms with van der Waals surface area (Å²) in [6, 6.07) is 6.79. The average molecular weight is 349 g/mol. The molecule has 120 valence electrons. The molecule has 23 heavy (non-hydrogen) atoms. The Morgan fingerprint density at radius 3 is 2.87 bits per heavy atom. The first-order valence-electron chi connectivity index (χ1n) is 6.93. The van der Waals surface area contributed by atoms with E-state index >= 15 is 0 Å². The summed E-state index contributed by atoms with van der Waals surface area (Å²) in [4.78, 5) is 4.17. The Bertz CT molecular complexity index is 924. The second kappa shape index (κ2) is 6.57. The quantitative estimate of drug-likeness (QED) is 0.659. The molecule has 2 aromatic heterocycles. The fraction of sp³-hybridized carbons (Fsp3) is 0.214. The van der Waals surface area contributed by atoms with Crippen molar-refractivity contribution >= 4 is 38.5 Å². The molecule has 0 aliphatic heterocycles. The fourth-order valence-corrected chi connectivity index (χ4v) is 3.93. The van der Waals surface area contributed by atoms with Gasteiger partial charge in [-0.2, -0.15) is 8.75 Å². The normalized spacial score (nSPS) is 11.7. The van der Waals surface area contributed by atoms with Gasteiger partial charge in [-0.3, -0.25) is 4.98 Å². The van der Waals surface area contributed by atoms with E-state index in [1.807, 2.05) is 13.0 Å². The van der Waals surface area contributed by atoms with Crippen LogP contribution >= 0.6 is 11.7 Å². The predicted octanol–water partition coefficient (Wildman–Crippen LogP) is 1.79. The molecule has 0 fully saturated rings. The fourth-order valence-electron chi connectivity index (χ4n) is 2.13. The summed E-state index contributed by atoms with van der Waals surface area (Å²) >= 11 is 1.000. The lowest BCUT2D eigenvalue weighted by atomic mass is 10.2. The number of nitrogens with one attached hydrogen (secondary N) is 2. The van der Waals surface area contributed by atoms with Crippen molar-refractivity contribution in [1.29, 1.82) is 0 Å². The van der Waals surface area contributed by atoms with Gasteiger partial charge in [-0.1, -0.05) is 6.07 Å². The summed E-state index contributed by atoms with van der Waals surface area (Å²) in [7, 11) is -3.62. The van der Waals surface area contributed by atoms with E-state index in [-0.39, 0.29) is 11.4 Å². The molecule has 0 spiro atoms. The molecule has 1 aromatic carbocycles. The smallest absolute Gasteiger partial charge is 0.242 e. The third-order valence-electron chi connectivity index (χ3n) is 3.29. The maximum atomic E-state index is 12.4. The predicted molar refractivity (Wildman–Crippen MR) is 90.1 cm³/mol. The third kappa shape index (κ3) is 3.46. The second-order valence-corrected chi connectivity index (χ2v) is 7.17. The van der Waals surface area contributed by atoms with Crippen LogP contribution in [-0.4, -0.2) is 35.2 Å². The molecule has 7 nitrogen and oxygen atoms in total. The topological polar surface area (TPSA) is 96.9 Å². The lowest BCUT2D eigenvalue weighted by Crippen LogP contribution is -2.29. The molecule has 0 atom stereocenters. The largest absolute Gasteiger partial charge is 0.383 e. The molecule has 0 radical (unpaired) electrons. The van der Waals surface area contributed by atoms with Gasteiger partial charge < -0.3 is 5.32 Å². The van der Waals surface area contributed by atoms with Gasteiger partial charge in [-0.25, -0.2) is 13.1 Å². The summed E-state index contributed by atoms with van der Waals surface area (Å²) in [6.07, 6.45) is 3.44. The van der Waals surface area contributed by atoms with Crippen LogP contribution in [0.15, 0.2) is 41.6 Å². The first-order valence-corrected chi connectivity index (χ1v) is 9.15. The zero-order chi connectivity index (χ0) is 16.3. The molecular formula is C14H15N5O2S2. The van der Waals surface area contributed by atoms with Crippen LogP contribution in [0.2, 0.25) is 0 Å². The Kier molecular flexibility index (Phi) is 4.51. The molecule has 0 aliphatic carbocycles. The molecule has 2 N–H and O–H groups in total. The Balaban J connectivity index is 1.66. The van der Waals surface area contributed by atoms with Crippen LogP contribution in [0.1, 0.15) is 5.56 Å². The van der Waals surface area contributed by atoms with Crippen molar-refractivity contribution in [1.82, 2.24) is 18.5 Å². The third-order valence-corrected chi connectivity index (χ3v) is 5.33. The summed E-state index contributed by atoms with van der Waals surface area (Å²) < 4.78 is 35.5. The molecule has 0 aliphatic rings. The van der Waals surface area contributed by atoms with E-state index in [1.54, 1.807) is 24.5 Å². The van der Waals surface area contributed by atoms with Crippen LogP contribution in [0.5, 0.6) is 0 Å². The molecule has 0 amide bonds. The molecule has 0 bridgehead atoms. The van der Waals surface area contributed by atoms with Crippen LogP contribution in [0.4, 0.5) is 5.69 Å². The first kappa shape index (κ1) is 15.8. The van der Waals surface area contributed by atoms with Gasteiger partial charge in [0.2, 0.25) is 10.0 Å². The Morgan fingerprint density at radius 2 is 2.04 bits per heavy atom. The van der Waals surface area contributed by atoms with Gasteiger partial charge in [0.1, 0.15) is 15.9 Å². The molecule has 9 heteroatoms. The SMILES string of the molecule is Cc1cnccc1NCCNS(=O)(=O)c1cccc2nsnc12. The van der Waals surface area contributed by atoms with Crippen molar-refractivity contribution in [3.8, 4) is 0 Å². The van der Waals surface area contributed by atoms with Gasteiger partial charge in [-0.15, -0.1) is 0 Å². The molecule has 0 saturated heterocycles.